The average molecular weight is 508 g/mol. The molecule has 0 unspecified atom stereocenters. The van der Waals surface area contributed by atoms with E-state index in [1.807, 2.05) is 26.0 Å². The number of nitrogens with zero attached hydrogens (tertiary/aromatic N) is 2. The summed E-state index contributed by atoms with van der Waals surface area (Å²) in [5.74, 6) is -0.279. The Bertz CT molecular complexity index is 1080. The van der Waals surface area contributed by atoms with Crippen molar-refractivity contribution in [1.82, 2.24) is 10.2 Å². The fraction of sp³-hybridized carbons (Fsp3) is 0.440. The molecule has 0 aromatic heterocycles. The summed E-state index contributed by atoms with van der Waals surface area (Å²) in [6, 6.07) is 11.7. The van der Waals surface area contributed by atoms with Crippen LogP contribution in [0.3, 0.4) is 0 Å². The van der Waals surface area contributed by atoms with Gasteiger partial charge in [-0.05, 0) is 61.7 Å². The number of benzene rings is 2. The standard InChI is InChI=1S/C25H34FN3O5S/c1-5-23(25(31)27-6-2)28(18-19-9-15-22(34-3)16-10-19)24(30)8-7-17-29(35(4,32)33)21-13-11-20(26)12-14-21/h9-16,23H,5-8,17-18H2,1-4H3,(H,27,31)/t23-/m0/s1. The Balaban J connectivity index is 2.19. The van der Waals surface area contributed by atoms with E-state index < -0.39 is 21.9 Å². The van der Waals surface area contributed by atoms with Gasteiger partial charge < -0.3 is 15.0 Å². The highest BCUT2D eigenvalue weighted by Gasteiger charge is 2.28. The molecule has 0 bridgehead atoms. The number of methoxy groups -OCH3 is 1. The number of likely N-dealkylation sites (N-methyl/N-ethyl adjacent to an activating group) is 1. The number of anilines is 1. The van der Waals surface area contributed by atoms with Gasteiger partial charge in [0.1, 0.15) is 17.6 Å². The number of amides is 2. The van der Waals surface area contributed by atoms with Crippen LogP contribution in [0.15, 0.2) is 48.5 Å². The molecular formula is C25H34FN3O5S. The Morgan fingerprint density at radius 3 is 2.20 bits per heavy atom. The molecule has 2 aromatic rings. The normalized spacial score (nSPS) is 12.0. The van der Waals surface area contributed by atoms with Gasteiger partial charge in [0.05, 0.1) is 19.1 Å². The monoisotopic (exact) mass is 507 g/mol. The second kappa shape index (κ2) is 13.1. The zero-order valence-corrected chi connectivity index (χ0v) is 21.5. The minimum atomic E-state index is -3.64. The zero-order chi connectivity index (χ0) is 26.0. The van der Waals surface area contributed by atoms with Crippen molar-refractivity contribution in [2.24, 2.45) is 0 Å². The van der Waals surface area contributed by atoms with Crippen molar-refractivity contribution >= 4 is 27.5 Å². The number of ether oxygens (including phenoxy) is 1. The van der Waals surface area contributed by atoms with Gasteiger partial charge in [-0.3, -0.25) is 13.9 Å². The molecule has 8 nitrogen and oxygen atoms in total. The summed E-state index contributed by atoms with van der Waals surface area (Å²) in [5.41, 5.74) is 1.16. The van der Waals surface area contributed by atoms with E-state index in [2.05, 4.69) is 5.32 Å². The van der Waals surface area contributed by atoms with Gasteiger partial charge in [0.15, 0.2) is 0 Å². The van der Waals surface area contributed by atoms with Gasteiger partial charge in [0.25, 0.3) is 0 Å². The second-order valence-corrected chi connectivity index (χ2v) is 10.0. The third kappa shape index (κ3) is 8.24. The van der Waals surface area contributed by atoms with Gasteiger partial charge in [-0.25, -0.2) is 12.8 Å². The van der Waals surface area contributed by atoms with Crippen molar-refractivity contribution in [2.45, 2.75) is 45.7 Å². The van der Waals surface area contributed by atoms with Crippen LogP contribution in [0, 0.1) is 5.82 Å². The van der Waals surface area contributed by atoms with Crippen LogP contribution in [0.4, 0.5) is 10.1 Å². The predicted octanol–water partition coefficient (Wildman–Crippen LogP) is 3.32. The minimum Gasteiger partial charge on any atom is -0.497 e. The number of nitrogens with one attached hydrogen (secondary N) is 1. The van der Waals surface area contributed by atoms with Gasteiger partial charge in [0, 0.05) is 26.1 Å². The lowest BCUT2D eigenvalue weighted by Crippen LogP contribution is -2.49. The maximum atomic E-state index is 13.3. The highest BCUT2D eigenvalue weighted by atomic mass is 32.2. The molecule has 1 atom stereocenters. The smallest absolute Gasteiger partial charge is 0.242 e. The highest BCUT2D eigenvalue weighted by molar-refractivity contribution is 7.92. The van der Waals surface area contributed by atoms with Crippen molar-refractivity contribution in [1.29, 1.82) is 0 Å². The van der Waals surface area contributed by atoms with E-state index in [1.54, 1.807) is 19.2 Å². The van der Waals surface area contributed by atoms with E-state index in [-0.39, 0.29) is 37.7 Å². The number of hydrogen-bond acceptors (Lipinski definition) is 5. The number of rotatable bonds is 13. The molecule has 0 aliphatic heterocycles. The Morgan fingerprint density at radius 1 is 1.06 bits per heavy atom. The Hall–Kier alpha value is -3.14. The van der Waals surface area contributed by atoms with E-state index >= 15 is 0 Å². The van der Waals surface area contributed by atoms with Gasteiger partial charge in [-0.2, -0.15) is 0 Å². The summed E-state index contributed by atoms with van der Waals surface area (Å²) >= 11 is 0. The van der Waals surface area contributed by atoms with Crippen LogP contribution in [-0.4, -0.2) is 57.6 Å². The molecule has 2 amide bonds. The minimum absolute atomic E-state index is 0.0409. The molecule has 0 heterocycles. The van der Waals surface area contributed by atoms with Crippen molar-refractivity contribution in [3.63, 3.8) is 0 Å². The number of hydrogen-bond donors (Lipinski definition) is 1. The van der Waals surface area contributed by atoms with E-state index in [1.165, 1.54) is 29.2 Å². The molecule has 0 spiro atoms. The quantitative estimate of drug-likeness (QED) is 0.449. The largest absolute Gasteiger partial charge is 0.497 e. The Labute approximate surface area is 207 Å². The second-order valence-electron chi connectivity index (χ2n) is 8.10. The molecule has 192 valence electrons. The van der Waals surface area contributed by atoms with Crippen molar-refractivity contribution in [2.75, 3.05) is 30.8 Å². The molecule has 1 N–H and O–H groups in total. The first-order valence-electron chi connectivity index (χ1n) is 11.5. The molecule has 10 heteroatoms. The van der Waals surface area contributed by atoms with Crippen LogP contribution >= 0.6 is 0 Å². The summed E-state index contributed by atoms with van der Waals surface area (Å²) in [7, 11) is -2.07. The van der Waals surface area contributed by atoms with E-state index in [4.69, 9.17) is 4.74 Å². The third-order valence-electron chi connectivity index (χ3n) is 5.52. The van der Waals surface area contributed by atoms with Crippen LogP contribution in [0.5, 0.6) is 5.75 Å². The number of halogens is 1. The number of carbonyl (C=O) groups is 2. The molecular weight excluding hydrogens is 473 g/mol. The summed E-state index contributed by atoms with van der Waals surface area (Å²) in [6.07, 6.45) is 1.77. The van der Waals surface area contributed by atoms with Gasteiger partial charge in [0.2, 0.25) is 21.8 Å². The van der Waals surface area contributed by atoms with Crippen LogP contribution in [-0.2, 0) is 26.2 Å². The van der Waals surface area contributed by atoms with Crippen LogP contribution in [0.2, 0.25) is 0 Å². The maximum Gasteiger partial charge on any atom is 0.242 e. The molecule has 0 saturated carbocycles. The molecule has 0 saturated heterocycles. The first-order valence-corrected chi connectivity index (χ1v) is 13.4. The summed E-state index contributed by atoms with van der Waals surface area (Å²) in [5, 5.41) is 2.79. The molecule has 2 aromatic carbocycles. The summed E-state index contributed by atoms with van der Waals surface area (Å²) in [6.45, 7) is 4.38. The lowest BCUT2D eigenvalue weighted by molar-refractivity contribution is -0.141. The molecule has 2 rings (SSSR count). The Morgan fingerprint density at radius 2 is 1.69 bits per heavy atom. The van der Waals surface area contributed by atoms with Gasteiger partial charge in [-0.15, -0.1) is 0 Å². The molecule has 0 aliphatic carbocycles. The maximum absolute atomic E-state index is 13.3. The fourth-order valence-corrected chi connectivity index (χ4v) is 4.72. The van der Waals surface area contributed by atoms with Gasteiger partial charge >= 0.3 is 0 Å². The van der Waals surface area contributed by atoms with Gasteiger partial charge in [-0.1, -0.05) is 19.1 Å². The molecule has 0 aliphatic rings. The Kier molecular flexibility index (Phi) is 10.5. The van der Waals surface area contributed by atoms with Crippen LogP contribution in [0.25, 0.3) is 0 Å². The highest BCUT2D eigenvalue weighted by Crippen LogP contribution is 2.20. The number of carbonyl (C=O) groups excluding carboxylic acids is 2. The van der Waals surface area contributed by atoms with Crippen molar-refractivity contribution in [3.05, 3.63) is 59.9 Å². The third-order valence-corrected chi connectivity index (χ3v) is 6.71. The first-order chi connectivity index (χ1) is 16.6. The topological polar surface area (TPSA) is 96.0 Å². The van der Waals surface area contributed by atoms with E-state index in [9.17, 15) is 22.4 Å². The van der Waals surface area contributed by atoms with E-state index in [0.29, 0.717) is 24.4 Å². The van der Waals surface area contributed by atoms with Crippen LogP contribution in [0.1, 0.15) is 38.7 Å². The average Bonchev–Trinajstić information content (AvgIpc) is 2.82. The lowest BCUT2D eigenvalue weighted by atomic mass is 10.1. The fourth-order valence-electron chi connectivity index (χ4n) is 3.75. The number of sulfonamides is 1. The lowest BCUT2D eigenvalue weighted by Gasteiger charge is -2.31. The zero-order valence-electron chi connectivity index (χ0n) is 20.7. The molecule has 35 heavy (non-hydrogen) atoms. The van der Waals surface area contributed by atoms with E-state index in [0.717, 1.165) is 16.1 Å². The molecule has 0 radical (unpaired) electrons. The molecule has 0 fully saturated rings. The summed E-state index contributed by atoms with van der Waals surface area (Å²) < 4.78 is 44.2. The summed E-state index contributed by atoms with van der Waals surface area (Å²) in [4.78, 5) is 27.5. The first kappa shape index (κ1) is 28.1. The SMILES string of the molecule is CCNC(=O)[C@H](CC)N(Cc1ccc(OC)cc1)C(=O)CCCN(c1ccc(F)cc1)S(C)(=O)=O. The van der Waals surface area contributed by atoms with Crippen LogP contribution < -0.4 is 14.4 Å². The van der Waals surface area contributed by atoms with Crippen molar-refractivity contribution < 1.29 is 27.1 Å². The van der Waals surface area contributed by atoms with Crippen molar-refractivity contribution in [3.8, 4) is 5.75 Å². The predicted molar refractivity (Wildman–Crippen MR) is 134 cm³/mol.